The monoisotopic (exact) mass is 384 g/mol. The average molecular weight is 385 g/mol. The minimum atomic E-state index is -0.0945. The van der Waals surface area contributed by atoms with Crippen LogP contribution in [0, 0.1) is 11.3 Å². The number of nitrogens with zero attached hydrogens (tertiary/aromatic N) is 2. The molecule has 0 bridgehead atoms. The molecule has 6 nitrogen and oxygen atoms in total. The summed E-state index contributed by atoms with van der Waals surface area (Å²) >= 11 is 3.22. The van der Waals surface area contributed by atoms with Crippen LogP contribution in [0.25, 0.3) is 0 Å². The van der Waals surface area contributed by atoms with E-state index in [2.05, 4.69) is 15.9 Å². The molecular formula is C16H21BrN2O4. The molecule has 2 unspecified atom stereocenters. The Labute approximate surface area is 143 Å². The first kappa shape index (κ1) is 16.5. The van der Waals surface area contributed by atoms with Crippen molar-refractivity contribution in [3.8, 4) is 0 Å². The van der Waals surface area contributed by atoms with Gasteiger partial charge >= 0.3 is 0 Å². The number of furan rings is 1. The molecule has 0 spiro atoms. The van der Waals surface area contributed by atoms with Gasteiger partial charge in [-0.15, -0.1) is 0 Å². The van der Waals surface area contributed by atoms with Crippen molar-refractivity contribution >= 4 is 27.7 Å². The first-order valence-electron chi connectivity index (χ1n) is 7.74. The first-order valence-corrected chi connectivity index (χ1v) is 8.53. The lowest BCUT2D eigenvalue weighted by Crippen LogP contribution is -2.50. The molecule has 0 aliphatic carbocycles. The first-order chi connectivity index (χ1) is 10.9. The summed E-state index contributed by atoms with van der Waals surface area (Å²) < 4.78 is 11.4. The molecule has 23 heavy (non-hydrogen) atoms. The fourth-order valence-electron chi connectivity index (χ4n) is 3.82. The number of rotatable bonds is 3. The molecule has 1 aromatic heterocycles. The van der Waals surface area contributed by atoms with Gasteiger partial charge in [0, 0.05) is 51.5 Å². The van der Waals surface area contributed by atoms with Crippen LogP contribution in [0.5, 0.6) is 0 Å². The number of hydrogen-bond acceptors (Lipinski definition) is 4. The number of fused-ring (bicyclic) bond motifs is 1. The maximum Gasteiger partial charge on any atom is 0.289 e. The quantitative estimate of drug-likeness (QED) is 0.799. The second kappa shape index (κ2) is 6.28. The highest BCUT2D eigenvalue weighted by atomic mass is 79.9. The molecule has 0 aromatic carbocycles. The molecule has 2 aliphatic rings. The SMILES string of the molecule is COCC12CCN(C(=O)c3ccc(Br)o3)CC1CN(C(C)=O)C2. The van der Waals surface area contributed by atoms with Gasteiger partial charge < -0.3 is 19.0 Å². The van der Waals surface area contributed by atoms with E-state index in [9.17, 15) is 9.59 Å². The van der Waals surface area contributed by atoms with Crippen molar-refractivity contribution < 1.29 is 18.7 Å². The summed E-state index contributed by atoms with van der Waals surface area (Å²) in [6.07, 6.45) is 0.836. The number of halogens is 1. The molecule has 0 saturated carbocycles. The van der Waals surface area contributed by atoms with Crippen LogP contribution in [0.15, 0.2) is 21.2 Å². The Bertz CT molecular complexity index is 617. The third-order valence-corrected chi connectivity index (χ3v) is 5.51. The Morgan fingerprint density at radius 1 is 1.39 bits per heavy atom. The molecule has 3 rings (SSSR count). The number of hydrogen-bond donors (Lipinski definition) is 0. The number of ether oxygens (including phenoxy) is 1. The Morgan fingerprint density at radius 2 is 2.13 bits per heavy atom. The second-order valence-electron chi connectivity index (χ2n) is 6.50. The molecule has 2 atom stereocenters. The standard InChI is InChI=1S/C16H21BrN2O4/c1-11(20)19-8-12-7-18(6-5-16(12,9-19)10-22-2)15(21)13-3-4-14(17)23-13/h3-4,12H,5-10H2,1-2H3. The van der Waals surface area contributed by atoms with Gasteiger partial charge in [-0.05, 0) is 34.5 Å². The fourth-order valence-corrected chi connectivity index (χ4v) is 4.12. The molecule has 2 aliphatic heterocycles. The van der Waals surface area contributed by atoms with E-state index in [4.69, 9.17) is 9.15 Å². The van der Waals surface area contributed by atoms with Crippen molar-refractivity contribution in [2.24, 2.45) is 11.3 Å². The third-order valence-electron chi connectivity index (χ3n) is 5.08. The molecule has 0 N–H and O–H groups in total. The van der Waals surface area contributed by atoms with Crippen molar-refractivity contribution in [1.29, 1.82) is 0 Å². The van der Waals surface area contributed by atoms with Crippen LogP contribution in [-0.4, -0.2) is 61.5 Å². The minimum absolute atomic E-state index is 0.0407. The van der Waals surface area contributed by atoms with Crippen molar-refractivity contribution in [2.75, 3.05) is 39.9 Å². The van der Waals surface area contributed by atoms with Crippen molar-refractivity contribution in [3.63, 3.8) is 0 Å². The zero-order valence-electron chi connectivity index (χ0n) is 13.4. The molecular weight excluding hydrogens is 364 g/mol. The summed E-state index contributed by atoms with van der Waals surface area (Å²) in [4.78, 5) is 28.0. The van der Waals surface area contributed by atoms with E-state index >= 15 is 0 Å². The second-order valence-corrected chi connectivity index (χ2v) is 7.28. The zero-order valence-corrected chi connectivity index (χ0v) is 15.0. The highest BCUT2D eigenvalue weighted by molar-refractivity contribution is 9.10. The van der Waals surface area contributed by atoms with E-state index in [-0.39, 0.29) is 23.1 Å². The number of carbonyl (C=O) groups is 2. The van der Waals surface area contributed by atoms with E-state index < -0.39 is 0 Å². The molecule has 2 saturated heterocycles. The molecule has 0 radical (unpaired) electrons. The van der Waals surface area contributed by atoms with Gasteiger partial charge in [0.25, 0.3) is 5.91 Å². The smallest absolute Gasteiger partial charge is 0.289 e. The van der Waals surface area contributed by atoms with Gasteiger partial charge in [-0.1, -0.05) is 0 Å². The summed E-state index contributed by atoms with van der Waals surface area (Å²) in [5.41, 5.74) is -0.0407. The Hall–Kier alpha value is -1.34. The summed E-state index contributed by atoms with van der Waals surface area (Å²) in [5.74, 6) is 0.575. The van der Waals surface area contributed by atoms with Gasteiger partial charge in [-0.3, -0.25) is 9.59 Å². The number of piperidine rings is 1. The summed E-state index contributed by atoms with van der Waals surface area (Å²) in [6.45, 7) is 4.91. The Morgan fingerprint density at radius 3 is 2.74 bits per heavy atom. The zero-order chi connectivity index (χ0) is 16.6. The highest BCUT2D eigenvalue weighted by Crippen LogP contribution is 2.43. The highest BCUT2D eigenvalue weighted by Gasteiger charge is 2.51. The topological polar surface area (TPSA) is 63.0 Å². The lowest BCUT2D eigenvalue weighted by atomic mass is 9.73. The van der Waals surface area contributed by atoms with Gasteiger partial charge in [-0.25, -0.2) is 0 Å². The van der Waals surface area contributed by atoms with Crippen LogP contribution in [0.3, 0.4) is 0 Å². The molecule has 3 heterocycles. The van der Waals surface area contributed by atoms with Gasteiger partial charge in [0.15, 0.2) is 10.4 Å². The van der Waals surface area contributed by atoms with Crippen LogP contribution in [-0.2, 0) is 9.53 Å². The van der Waals surface area contributed by atoms with Crippen molar-refractivity contribution in [3.05, 3.63) is 22.6 Å². The molecule has 2 fully saturated rings. The molecule has 126 valence electrons. The molecule has 1 aromatic rings. The predicted octanol–water partition coefficient (Wildman–Crippen LogP) is 2.00. The van der Waals surface area contributed by atoms with Crippen LogP contribution in [0.4, 0.5) is 0 Å². The van der Waals surface area contributed by atoms with E-state index in [0.29, 0.717) is 36.7 Å². The number of amides is 2. The van der Waals surface area contributed by atoms with Crippen LogP contribution >= 0.6 is 15.9 Å². The maximum absolute atomic E-state index is 12.6. The van der Waals surface area contributed by atoms with E-state index in [1.807, 2.05) is 9.80 Å². The maximum atomic E-state index is 12.6. The fraction of sp³-hybridized carbons (Fsp3) is 0.625. The predicted molar refractivity (Wildman–Crippen MR) is 87.0 cm³/mol. The van der Waals surface area contributed by atoms with Crippen LogP contribution in [0.2, 0.25) is 0 Å². The average Bonchev–Trinajstić information content (AvgIpc) is 3.10. The summed E-state index contributed by atoms with van der Waals surface area (Å²) in [6, 6.07) is 3.40. The Balaban J connectivity index is 1.76. The largest absolute Gasteiger partial charge is 0.444 e. The number of carbonyl (C=O) groups excluding carboxylic acids is 2. The molecule has 2 amide bonds. The van der Waals surface area contributed by atoms with Gasteiger partial charge in [-0.2, -0.15) is 0 Å². The lowest BCUT2D eigenvalue weighted by molar-refractivity contribution is -0.128. The van der Waals surface area contributed by atoms with Gasteiger partial charge in [0.1, 0.15) is 0 Å². The number of methoxy groups -OCH3 is 1. The minimum Gasteiger partial charge on any atom is -0.444 e. The van der Waals surface area contributed by atoms with E-state index in [0.717, 1.165) is 13.0 Å². The number of likely N-dealkylation sites (tertiary alicyclic amines) is 2. The van der Waals surface area contributed by atoms with Crippen LogP contribution < -0.4 is 0 Å². The van der Waals surface area contributed by atoms with E-state index in [1.165, 1.54) is 0 Å². The van der Waals surface area contributed by atoms with Gasteiger partial charge in [0.2, 0.25) is 5.91 Å². The third kappa shape index (κ3) is 3.04. The normalized spacial score (nSPS) is 27.2. The van der Waals surface area contributed by atoms with Gasteiger partial charge in [0.05, 0.1) is 6.61 Å². The Kier molecular flexibility index (Phi) is 4.51. The molecule has 7 heteroatoms. The van der Waals surface area contributed by atoms with E-state index in [1.54, 1.807) is 26.2 Å². The van der Waals surface area contributed by atoms with Crippen molar-refractivity contribution in [2.45, 2.75) is 13.3 Å². The van der Waals surface area contributed by atoms with Crippen molar-refractivity contribution in [1.82, 2.24) is 9.80 Å². The lowest BCUT2D eigenvalue weighted by Gasteiger charge is -2.42. The summed E-state index contributed by atoms with van der Waals surface area (Å²) in [7, 11) is 1.69. The van der Waals surface area contributed by atoms with Crippen LogP contribution in [0.1, 0.15) is 23.9 Å². The summed E-state index contributed by atoms with van der Waals surface area (Å²) in [5, 5.41) is 0.